The Kier molecular flexibility index (Phi) is 3.93. The van der Waals surface area contributed by atoms with E-state index in [2.05, 4.69) is 11.2 Å². The summed E-state index contributed by atoms with van der Waals surface area (Å²) in [6.45, 7) is 0.600. The van der Waals surface area contributed by atoms with Crippen molar-refractivity contribution in [2.24, 2.45) is 0 Å². The van der Waals surface area contributed by atoms with Crippen LogP contribution in [0.25, 0.3) is 0 Å². The highest BCUT2D eigenvalue weighted by Crippen LogP contribution is 2.21. The van der Waals surface area contributed by atoms with E-state index in [1.807, 2.05) is 0 Å². The predicted octanol–water partition coefficient (Wildman–Crippen LogP) is 3.06. The molecule has 0 atom stereocenters. The van der Waals surface area contributed by atoms with Crippen molar-refractivity contribution >= 4 is 5.69 Å². The molecule has 0 fully saturated rings. The van der Waals surface area contributed by atoms with E-state index < -0.39 is 6.43 Å². The summed E-state index contributed by atoms with van der Waals surface area (Å²) >= 11 is 0. The Labute approximate surface area is 82.1 Å². The minimum atomic E-state index is -2.43. The van der Waals surface area contributed by atoms with Crippen LogP contribution in [-0.4, -0.2) is 6.54 Å². The van der Waals surface area contributed by atoms with Gasteiger partial charge in [-0.2, -0.15) is 0 Å². The summed E-state index contributed by atoms with van der Waals surface area (Å²) in [7, 11) is 0. The second kappa shape index (κ2) is 5.23. The van der Waals surface area contributed by atoms with Gasteiger partial charge in [0, 0.05) is 24.2 Å². The van der Waals surface area contributed by atoms with Gasteiger partial charge in [-0.3, -0.25) is 0 Å². The fraction of sp³-hybridized carbons (Fsp3) is 0.273. The molecule has 1 aromatic rings. The molecule has 14 heavy (non-hydrogen) atoms. The standard InChI is InChI=1S/C11H11F2N/c1-2-3-7-14-10-6-4-5-9(8-10)11(12)13/h1,4-6,8,11,14H,3,7H2. The molecule has 0 saturated carbocycles. The summed E-state index contributed by atoms with van der Waals surface area (Å²) in [5.41, 5.74) is 0.703. The third kappa shape index (κ3) is 3.06. The topological polar surface area (TPSA) is 12.0 Å². The molecule has 1 nitrogen and oxygen atoms in total. The number of halogens is 2. The highest BCUT2D eigenvalue weighted by Gasteiger charge is 2.06. The molecule has 0 heterocycles. The SMILES string of the molecule is C#CCCNc1cccc(C(F)F)c1. The van der Waals surface area contributed by atoms with Crippen LogP contribution in [0.1, 0.15) is 18.4 Å². The van der Waals surface area contributed by atoms with Gasteiger partial charge < -0.3 is 5.32 Å². The maximum absolute atomic E-state index is 12.3. The predicted molar refractivity (Wildman–Crippen MR) is 53.3 cm³/mol. The summed E-state index contributed by atoms with van der Waals surface area (Å²) < 4.78 is 24.6. The average molecular weight is 195 g/mol. The number of hydrogen-bond donors (Lipinski definition) is 1. The van der Waals surface area contributed by atoms with Gasteiger partial charge >= 0.3 is 0 Å². The van der Waals surface area contributed by atoms with Crippen LogP contribution in [0.3, 0.4) is 0 Å². The first kappa shape index (κ1) is 10.5. The second-order valence-electron chi connectivity index (χ2n) is 2.81. The normalized spacial score (nSPS) is 9.86. The van der Waals surface area contributed by atoms with E-state index in [1.165, 1.54) is 12.1 Å². The van der Waals surface area contributed by atoms with Gasteiger partial charge in [-0.15, -0.1) is 12.3 Å². The van der Waals surface area contributed by atoms with Crippen molar-refractivity contribution in [1.29, 1.82) is 0 Å². The molecule has 0 aliphatic heterocycles. The van der Waals surface area contributed by atoms with Crippen LogP contribution < -0.4 is 5.32 Å². The Bertz CT molecular complexity index is 328. The number of benzene rings is 1. The molecule has 0 aliphatic rings. The van der Waals surface area contributed by atoms with E-state index in [9.17, 15) is 8.78 Å². The number of rotatable bonds is 4. The van der Waals surface area contributed by atoms with Gasteiger partial charge in [-0.05, 0) is 12.1 Å². The van der Waals surface area contributed by atoms with Crippen LogP contribution in [0.4, 0.5) is 14.5 Å². The quantitative estimate of drug-likeness (QED) is 0.575. The van der Waals surface area contributed by atoms with Crippen LogP contribution in [0, 0.1) is 12.3 Å². The number of hydrogen-bond acceptors (Lipinski definition) is 1. The zero-order chi connectivity index (χ0) is 10.4. The average Bonchev–Trinajstić information content (AvgIpc) is 2.19. The molecule has 0 amide bonds. The number of terminal acetylenes is 1. The van der Waals surface area contributed by atoms with E-state index in [0.29, 0.717) is 18.7 Å². The van der Waals surface area contributed by atoms with Crippen molar-refractivity contribution < 1.29 is 8.78 Å². The summed E-state index contributed by atoms with van der Waals surface area (Å²) in [5.74, 6) is 2.46. The minimum Gasteiger partial charge on any atom is -0.384 e. The second-order valence-corrected chi connectivity index (χ2v) is 2.81. The van der Waals surface area contributed by atoms with Gasteiger partial charge in [0.1, 0.15) is 0 Å². The van der Waals surface area contributed by atoms with Crippen molar-refractivity contribution in [3.05, 3.63) is 29.8 Å². The Morgan fingerprint density at radius 3 is 2.86 bits per heavy atom. The van der Waals surface area contributed by atoms with Crippen LogP contribution in [-0.2, 0) is 0 Å². The first-order chi connectivity index (χ1) is 6.74. The van der Waals surface area contributed by atoms with Crippen LogP contribution in [0.15, 0.2) is 24.3 Å². The maximum atomic E-state index is 12.3. The Balaban J connectivity index is 2.60. The van der Waals surface area contributed by atoms with Crippen molar-refractivity contribution in [3.8, 4) is 12.3 Å². The summed E-state index contributed by atoms with van der Waals surface area (Å²) in [6.07, 6.45) is 3.22. The Morgan fingerprint density at radius 1 is 1.43 bits per heavy atom. The van der Waals surface area contributed by atoms with E-state index in [4.69, 9.17) is 6.42 Å². The lowest BCUT2D eigenvalue weighted by Crippen LogP contribution is -2.00. The first-order valence-corrected chi connectivity index (χ1v) is 4.29. The molecule has 0 saturated heterocycles. The fourth-order valence-corrected chi connectivity index (χ4v) is 1.06. The van der Waals surface area contributed by atoms with Gasteiger partial charge in [0.15, 0.2) is 0 Å². The molecule has 0 aromatic heterocycles. The smallest absolute Gasteiger partial charge is 0.263 e. The van der Waals surface area contributed by atoms with Gasteiger partial charge in [0.2, 0.25) is 0 Å². The van der Waals surface area contributed by atoms with E-state index >= 15 is 0 Å². The highest BCUT2D eigenvalue weighted by atomic mass is 19.3. The van der Waals surface area contributed by atoms with Crippen LogP contribution in [0.2, 0.25) is 0 Å². The fourth-order valence-electron chi connectivity index (χ4n) is 1.06. The molecule has 74 valence electrons. The molecule has 1 N–H and O–H groups in total. The molecule has 1 aromatic carbocycles. The van der Waals surface area contributed by atoms with Gasteiger partial charge in [-0.1, -0.05) is 12.1 Å². The molecule has 3 heteroatoms. The molecule has 0 aliphatic carbocycles. The lowest BCUT2D eigenvalue weighted by atomic mass is 10.2. The van der Waals surface area contributed by atoms with E-state index in [0.717, 1.165) is 0 Å². The largest absolute Gasteiger partial charge is 0.384 e. The van der Waals surface area contributed by atoms with Gasteiger partial charge in [-0.25, -0.2) is 8.78 Å². The number of anilines is 1. The molecule has 0 bridgehead atoms. The van der Waals surface area contributed by atoms with E-state index in [1.54, 1.807) is 12.1 Å². The third-order valence-corrected chi connectivity index (χ3v) is 1.74. The summed E-state index contributed by atoms with van der Waals surface area (Å²) in [4.78, 5) is 0. The van der Waals surface area contributed by atoms with Crippen LogP contribution in [0.5, 0.6) is 0 Å². The van der Waals surface area contributed by atoms with Gasteiger partial charge in [0.25, 0.3) is 6.43 Å². The summed E-state index contributed by atoms with van der Waals surface area (Å²) in [6, 6.07) is 6.17. The lowest BCUT2D eigenvalue weighted by molar-refractivity contribution is 0.151. The third-order valence-electron chi connectivity index (χ3n) is 1.74. The first-order valence-electron chi connectivity index (χ1n) is 4.29. The van der Waals surface area contributed by atoms with Crippen molar-refractivity contribution in [1.82, 2.24) is 0 Å². The molecule has 0 unspecified atom stereocenters. The summed E-state index contributed by atoms with van der Waals surface area (Å²) in [5, 5.41) is 2.96. The number of alkyl halides is 2. The Morgan fingerprint density at radius 2 is 2.21 bits per heavy atom. The van der Waals surface area contributed by atoms with E-state index in [-0.39, 0.29) is 5.56 Å². The maximum Gasteiger partial charge on any atom is 0.263 e. The molecular weight excluding hydrogens is 184 g/mol. The highest BCUT2D eigenvalue weighted by molar-refractivity contribution is 5.46. The van der Waals surface area contributed by atoms with Crippen molar-refractivity contribution in [3.63, 3.8) is 0 Å². The van der Waals surface area contributed by atoms with Crippen molar-refractivity contribution in [2.45, 2.75) is 12.8 Å². The lowest BCUT2D eigenvalue weighted by Gasteiger charge is -2.06. The Hall–Kier alpha value is -1.56. The molecular formula is C11H11F2N. The monoisotopic (exact) mass is 195 g/mol. The van der Waals surface area contributed by atoms with Crippen LogP contribution >= 0.6 is 0 Å². The molecule has 1 rings (SSSR count). The zero-order valence-corrected chi connectivity index (χ0v) is 7.63. The minimum absolute atomic E-state index is 0.0238. The van der Waals surface area contributed by atoms with Gasteiger partial charge in [0.05, 0.1) is 0 Å². The van der Waals surface area contributed by atoms with Crippen molar-refractivity contribution in [2.75, 3.05) is 11.9 Å². The zero-order valence-electron chi connectivity index (χ0n) is 7.63. The number of nitrogens with one attached hydrogen (secondary N) is 1. The molecule has 0 radical (unpaired) electrons. The molecule has 0 spiro atoms.